The van der Waals surface area contributed by atoms with E-state index in [0.29, 0.717) is 12.0 Å². The van der Waals surface area contributed by atoms with Crippen molar-refractivity contribution in [2.45, 2.75) is 18.9 Å². The second kappa shape index (κ2) is 5.48. The van der Waals surface area contributed by atoms with Crippen LogP contribution in [0, 0.1) is 0 Å². The molecule has 112 valence electrons. The fourth-order valence-electron chi connectivity index (χ4n) is 3.13. The second-order valence-corrected chi connectivity index (χ2v) is 6.48. The molecule has 2 heterocycles. The summed E-state index contributed by atoms with van der Waals surface area (Å²) in [5.41, 5.74) is 0.767. The summed E-state index contributed by atoms with van der Waals surface area (Å²) in [6, 6.07) is 9.95. The first kappa shape index (κ1) is 13.9. The predicted octanol–water partition coefficient (Wildman–Crippen LogP) is 3.66. The molecule has 2 aromatic carbocycles. The van der Waals surface area contributed by atoms with Crippen LogP contribution in [0.2, 0.25) is 0 Å². The van der Waals surface area contributed by atoms with Crippen LogP contribution >= 0.6 is 15.9 Å². The molecule has 3 aromatic rings. The smallest absolute Gasteiger partial charge is 0.261 e. The van der Waals surface area contributed by atoms with Gasteiger partial charge in [0.2, 0.25) is 0 Å². The molecule has 0 saturated carbocycles. The van der Waals surface area contributed by atoms with E-state index < -0.39 is 0 Å². The first-order valence-electron chi connectivity index (χ1n) is 7.41. The molecule has 1 saturated heterocycles. The van der Waals surface area contributed by atoms with E-state index >= 15 is 0 Å². The van der Waals surface area contributed by atoms with E-state index in [4.69, 9.17) is 4.74 Å². The Balaban J connectivity index is 1.99. The van der Waals surface area contributed by atoms with E-state index in [2.05, 4.69) is 20.9 Å². The molecule has 1 atom stereocenters. The average molecular weight is 359 g/mol. The summed E-state index contributed by atoms with van der Waals surface area (Å²) >= 11 is 3.57. The maximum atomic E-state index is 12.9. The van der Waals surface area contributed by atoms with Crippen LogP contribution in [0.25, 0.3) is 21.7 Å². The number of benzene rings is 2. The highest BCUT2D eigenvalue weighted by Crippen LogP contribution is 2.29. The molecular formula is C17H15BrN2O2. The molecule has 1 aliphatic heterocycles. The summed E-state index contributed by atoms with van der Waals surface area (Å²) in [5.74, 6) is 0. The van der Waals surface area contributed by atoms with E-state index in [9.17, 15) is 4.79 Å². The first-order chi connectivity index (χ1) is 10.8. The monoisotopic (exact) mass is 358 g/mol. The molecule has 5 heteroatoms. The molecule has 0 unspecified atom stereocenters. The third kappa shape index (κ3) is 2.16. The minimum atomic E-state index is 0.00644. The molecule has 1 aliphatic rings. The average Bonchev–Trinajstić information content (AvgIpc) is 2.57. The molecule has 0 aliphatic carbocycles. The lowest BCUT2D eigenvalue weighted by atomic mass is 10.1. The summed E-state index contributed by atoms with van der Waals surface area (Å²) in [5, 5.41) is 2.72. The van der Waals surface area contributed by atoms with Gasteiger partial charge in [0.25, 0.3) is 5.56 Å². The number of hydrogen-bond donors (Lipinski definition) is 0. The highest BCUT2D eigenvalue weighted by molar-refractivity contribution is 9.10. The van der Waals surface area contributed by atoms with Gasteiger partial charge in [-0.15, -0.1) is 0 Å². The Hall–Kier alpha value is -1.72. The van der Waals surface area contributed by atoms with Crippen molar-refractivity contribution < 1.29 is 4.74 Å². The van der Waals surface area contributed by atoms with Crippen LogP contribution in [0.4, 0.5) is 0 Å². The van der Waals surface area contributed by atoms with Crippen LogP contribution in [0.1, 0.15) is 18.9 Å². The van der Waals surface area contributed by atoms with Crippen molar-refractivity contribution in [1.82, 2.24) is 9.55 Å². The maximum absolute atomic E-state index is 12.9. The number of rotatable bonds is 1. The van der Waals surface area contributed by atoms with Gasteiger partial charge in [-0.1, -0.05) is 40.2 Å². The van der Waals surface area contributed by atoms with E-state index in [-0.39, 0.29) is 11.6 Å². The lowest BCUT2D eigenvalue weighted by molar-refractivity contribution is 0.0578. The maximum Gasteiger partial charge on any atom is 0.261 e. The standard InChI is InChI=1S/C17H15BrN2O2/c18-15-8-14-16(13-6-2-1-5-12(13)15)19-10-20(17(14)21)11-4-3-7-22-9-11/h1-2,5-6,8,10-11H,3-4,7,9H2/t11-/m1/s1. The third-order valence-electron chi connectivity index (χ3n) is 4.27. The summed E-state index contributed by atoms with van der Waals surface area (Å²) in [7, 11) is 0. The molecule has 1 aromatic heterocycles. The molecule has 0 bridgehead atoms. The summed E-state index contributed by atoms with van der Waals surface area (Å²) in [6.45, 7) is 1.37. The largest absolute Gasteiger partial charge is 0.379 e. The molecule has 1 fully saturated rings. The van der Waals surface area contributed by atoms with Crippen molar-refractivity contribution in [1.29, 1.82) is 0 Å². The van der Waals surface area contributed by atoms with Crippen LogP contribution in [-0.4, -0.2) is 22.8 Å². The Morgan fingerprint density at radius 3 is 2.82 bits per heavy atom. The number of nitrogens with zero attached hydrogens (tertiary/aromatic N) is 2. The zero-order valence-electron chi connectivity index (χ0n) is 12.0. The molecular weight excluding hydrogens is 344 g/mol. The van der Waals surface area contributed by atoms with Crippen molar-refractivity contribution >= 4 is 37.6 Å². The number of aromatic nitrogens is 2. The molecule has 4 rings (SSSR count). The second-order valence-electron chi connectivity index (χ2n) is 5.63. The Morgan fingerprint density at radius 1 is 1.23 bits per heavy atom. The molecule has 0 N–H and O–H groups in total. The van der Waals surface area contributed by atoms with Gasteiger partial charge in [0.1, 0.15) is 0 Å². The number of hydrogen-bond acceptors (Lipinski definition) is 3. The first-order valence-corrected chi connectivity index (χ1v) is 8.21. The van der Waals surface area contributed by atoms with Crippen molar-refractivity contribution in [2.24, 2.45) is 0 Å². The fourth-order valence-corrected chi connectivity index (χ4v) is 3.71. The van der Waals surface area contributed by atoms with Crippen molar-refractivity contribution in [3.05, 3.63) is 51.5 Å². The Morgan fingerprint density at radius 2 is 2.05 bits per heavy atom. The van der Waals surface area contributed by atoms with Crippen LogP contribution in [0.15, 0.2) is 45.9 Å². The normalized spacial score (nSPS) is 18.9. The molecule has 0 spiro atoms. The van der Waals surface area contributed by atoms with Gasteiger partial charge in [-0.3, -0.25) is 9.36 Å². The molecule has 22 heavy (non-hydrogen) atoms. The van der Waals surface area contributed by atoms with Crippen LogP contribution in [-0.2, 0) is 4.74 Å². The zero-order chi connectivity index (χ0) is 15.1. The topological polar surface area (TPSA) is 44.1 Å². The van der Waals surface area contributed by atoms with Gasteiger partial charge < -0.3 is 4.74 Å². The highest BCUT2D eigenvalue weighted by Gasteiger charge is 2.19. The third-order valence-corrected chi connectivity index (χ3v) is 4.93. The van der Waals surface area contributed by atoms with Crippen LogP contribution in [0.3, 0.4) is 0 Å². The minimum absolute atomic E-state index is 0.00644. The van der Waals surface area contributed by atoms with E-state index in [1.165, 1.54) is 0 Å². The van der Waals surface area contributed by atoms with Gasteiger partial charge in [-0.25, -0.2) is 4.98 Å². The van der Waals surface area contributed by atoms with Crippen LogP contribution in [0.5, 0.6) is 0 Å². The quantitative estimate of drug-likeness (QED) is 0.623. The van der Waals surface area contributed by atoms with Gasteiger partial charge in [0.05, 0.1) is 29.9 Å². The lowest BCUT2D eigenvalue weighted by Crippen LogP contribution is -2.30. The summed E-state index contributed by atoms with van der Waals surface area (Å²) in [6.07, 6.45) is 3.61. The Labute approximate surface area is 135 Å². The van der Waals surface area contributed by atoms with E-state index in [0.717, 1.165) is 40.2 Å². The Bertz CT molecular complexity index is 914. The SMILES string of the molecule is O=c1c2cc(Br)c3ccccc3c2ncn1[C@@H]1CCCOC1. The molecule has 4 nitrogen and oxygen atoms in total. The molecule has 0 amide bonds. The highest BCUT2D eigenvalue weighted by atomic mass is 79.9. The predicted molar refractivity (Wildman–Crippen MR) is 90.3 cm³/mol. The van der Waals surface area contributed by atoms with Gasteiger partial charge >= 0.3 is 0 Å². The van der Waals surface area contributed by atoms with Crippen molar-refractivity contribution in [2.75, 3.05) is 13.2 Å². The van der Waals surface area contributed by atoms with Crippen molar-refractivity contribution in [3.63, 3.8) is 0 Å². The minimum Gasteiger partial charge on any atom is -0.379 e. The summed E-state index contributed by atoms with van der Waals surface area (Å²) in [4.78, 5) is 17.4. The van der Waals surface area contributed by atoms with E-state index in [1.54, 1.807) is 10.9 Å². The van der Waals surface area contributed by atoms with E-state index in [1.807, 2.05) is 30.3 Å². The number of ether oxygens (including phenoxy) is 1. The zero-order valence-corrected chi connectivity index (χ0v) is 13.5. The van der Waals surface area contributed by atoms with Gasteiger partial charge in [0, 0.05) is 16.5 Å². The summed E-state index contributed by atoms with van der Waals surface area (Å²) < 4.78 is 8.15. The lowest BCUT2D eigenvalue weighted by Gasteiger charge is -2.24. The number of halogens is 1. The number of fused-ring (bicyclic) bond motifs is 3. The van der Waals surface area contributed by atoms with Gasteiger partial charge in [-0.05, 0) is 24.3 Å². The molecule has 0 radical (unpaired) electrons. The van der Waals surface area contributed by atoms with Crippen molar-refractivity contribution in [3.8, 4) is 0 Å². The van der Waals surface area contributed by atoms with Gasteiger partial charge in [0.15, 0.2) is 0 Å². The van der Waals surface area contributed by atoms with Gasteiger partial charge in [-0.2, -0.15) is 0 Å². The Kier molecular flexibility index (Phi) is 3.47. The van der Waals surface area contributed by atoms with Crippen LogP contribution < -0.4 is 5.56 Å². The fraction of sp³-hybridized carbons (Fsp3) is 0.294.